The Kier molecular flexibility index (Phi) is 8.43. The molecule has 13 heteroatoms. The van der Waals surface area contributed by atoms with Gasteiger partial charge >= 0.3 is 23.9 Å². The number of hydrogen-bond acceptors (Lipinski definition) is 10. The fourth-order valence-corrected chi connectivity index (χ4v) is 5.46. The smallest absolute Gasteiger partial charge is 0.303 e. The third kappa shape index (κ3) is 7.05. The number of esters is 4. The van der Waals surface area contributed by atoms with Crippen LogP contribution in [0.1, 0.15) is 56.5 Å². The van der Waals surface area contributed by atoms with Gasteiger partial charge in [-0.25, -0.2) is 0 Å². The van der Waals surface area contributed by atoms with Gasteiger partial charge in [0.25, 0.3) is 0 Å². The minimum absolute atomic E-state index is 0.256. The summed E-state index contributed by atoms with van der Waals surface area (Å²) in [4.78, 5) is 49.4. The van der Waals surface area contributed by atoms with Crippen molar-refractivity contribution in [3.63, 3.8) is 0 Å². The maximum Gasteiger partial charge on any atom is 0.303 e. The molecule has 0 aliphatic carbocycles. The molecule has 0 amide bonds. The highest BCUT2D eigenvalue weighted by Gasteiger charge is 2.53. The first-order valence-electron chi connectivity index (χ1n) is 15.1. The summed E-state index contributed by atoms with van der Waals surface area (Å²) < 4.78 is 60.0. The van der Waals surface area contributed by atoms with Crippen LogP contribution in [-0.2, 0) is 42.9 Å². The summed E-state index contributed by atoms with van der Waals surface area (Å²) in [7, 11) is 0. The van der Waals surface area contributed by atoms with E-state index in [2.05, 4.69) is 22.6 Å². The Morgan fingerprint density at radius 1 is 0.952 bits per heavy atom. The molecule has 3 aromatic rings. The van der Waals surface area contributed by atoms with Crippen molar-refractivity contribution in [3.05, 3.63) is 68.4 Å². The lowest BCUT2D eigenvalue weighted by Crippen LogP contribution is -2.60. The van der Waals surface area contributed by atoms with Gasteiger partial charge in [-0.15, -0.1) is 0 Å². The molecule has 0 saturated carbocycles. The van der Waals surface area contributed by atoms with E-state index in [0.29, 0.717) is 22.0 Å². The number of aliphatic hydroxyl groups excluding tert-OH is 1. The number of aliphatic hydroxyl groups is 1. The highest BCUT2D eigenvalue weighted by molar-refractivity contribution is 14.1. The van der Waals surface area contributed by atoms with Crippen LogP contribution in [-0.4, -0.2) is 64.6 Å². The first-order chi connectivity index (χ1) is 22.0. The van der Waals surface area contributed by atoms with Gasteiger partial charge in [0.05, 0.1) is 10.5 Å². The van der Waals surface area contributed by atoms with Crippen LogP contribution in [0, 0.1) is 3.57 Å². The molecule has 1 aromatic heterocycles. The van der Waals surface area contributed by atoms with E-state index >= 15 is 0 Å². The molecular weight excluding hydrogens is 685 g/mol. The van der Waals surface area contributed by atoms with Crippen LogP contribution in [0.5, 0.6) is 0 Å². The predicted molar refractivity (Wildman–Crippen MR) is 157 cm³/mol. The lowest BCUT2D eigenvalue weighted by atomic mass is 9.97. The molecule has 0 bridgehead atoms. The zero-order valence-electron chi connectivity index (χ0n) is 25.9. The number of fused-ring (bicyclic) bond motifs is 1. The van der Waals surface area contributed by atoms with Gasteiger partial charge in [0.2, 0.25) is 0 Å². The molecule has 2 heterocycles. The Hall–Kier alpha value is -3.20. The monoisotopic (exact) mass is 717 g/mol. The van der Waals surface area contributed by atoms with Crippen molar-refractivity contribution in [2.75, 3.05) is 6.61 Å². The Balaban J connectivity index is 1.92. The molecule has 4 rings (SSSR count). The second kappa shape index (κ2) is 13.4. The Morgan fingerprint density at radius 3 is 2.21 bits per heavy atom. The molecule has 11 nitrogen and oxygen atoms in total. The summed E-state index contributed by atoms with van der Waals surface area (Å²) in [6.07, 6.45) is -7.47. The van der Waals surface area contributed by atoms with Crippen LogP contribution in [0.25, 0.3) is 10.9 Å². The highest BCUT2D eigenvalue weighted by atomic mass is 127. The number of benzene rings is 2. The van der Waals surface area contributed by atoms with Gasteiger partial charge in [-0.3, -0.25) is 19.2 Å². The highest BCUT2D eigenvalue weighted by Crippen LogP contribution is 2.41. The Labute approximate surface area is 265 Å². The second-order valence-corrected chi connectivity index (χ2v) is 10.8. The molecule has 2 unspecified atom stereocenters. The Bertz CT molecular complexity index is 1580. The molecule has 0 radical (unpaired) electrons. The largest absolute Gasteiger partial charge is 0.463 e. The second-order valence-electron chi connectivity index (χ2n) is 9.19. The van der Waals surface area contributed by atoms with Crippen molar-refractivity contribution in [2.24, 2.45) is 0 Å². The van der Waals surface area contributed by atoms with Gasteiger partial charge in [-0.1, -0.05) is 29.8 Å². The summed E-state index contributed by atoms with van der Waals surface area (Å²) in [6.45, 7) is -3.92. The van der Waals surface area contributed by atoms with Crippen molar-refractivity contribution < 1.29 is 53.5 Å². The van der Waals surface area contributed by atoms with E-state index in [1.807, 2.05) is 12.1 Å². The summed E-state index contributed by atoms with van der Waals surface area (Å²) in [6, 6.07) is 12.0. The molecule has 1 fully saturated rings. The molecule has 1 N–H and O–H groups in total. The summed E-state index contributed by atoms with van der Waals surface area (Å²) >= 11 is 8.77. The fraction of sp³-hybridized carbons (Fsp3) is 0.379. The van der Waals surface area contributed by atoms with E-state index < -0.39 is 94.8 Å². The van der Waals surface area contributed by atoms with Crippen LogP contribution in [0.15, 0.2) is 48.7 Å². The molecule has 224 valence electrons. The lowest BCUT2D eigenvalue weighted by molar-refractivity contribution is -0.267. The zero-order valence-corrected chi connectivity index (χ0v) is 24.9. The summed E-state index contributed by atoms with van der Waals surface area (Å²) in [5.74, 6) is -4.19. The predicted octanol–water partition coefficient (Wildman–Crippen LogP) is 4.24. The summed E-state index contributed by atoms with van der Waals surface area (Å²) in [5.41, 5.74) is 1.24. The number of hydrogen-bond donors (Lipinski definition) is 1. The quantitative estimate of drug-likeness (QED) is 0.205. The molecular formula is C29H29ClINO10. The van der Waals surface area contributed by atoms with Gasteiger partial charge in [0.1, 0.15) is 18.8 Å². The van der Waals surface area contributed by atoms with Crippen molar-refractivity contribution in [2.45, 2.75) is 64.3 Å². The number of rotatable bonds is 8. The maximum absolute atomic E-state index is 12.6. The number of aromatic nitrogens is 1. The minimum Gasteiger partial charge on any atom is -0.463 e. The fourth-order valence-electron chi connectivity index (χ4n) is 4.83. The van der Waals surface area contributed by atoms with Gasteiger partial charge in [-0.2, -0.15) is 0 Å². The number of ether oxygens (including phenoxy) is 5. The third-order valence-corrected chi connectivity index (χ3v) is 7.45. The molecule has 0 spiro atoms. The molecule has 1 saturated heterocycles. The first-order valence-corrected chi connectivity index (χ1v) is 13.8. The van der Waals surface area contributed by atoms with Gasteiger partial charge in [-0.05, 0) is 52.4 Å². The van der Waals surface area contributed by atoms with Gasteiger partial charge in [0.15, 0.2) is 24.5 Å². The SMILES string of the molecule is [2H]CC(=O)OC[C@H]1OC(n2cc(C(O)c3ccc(I)cc3)c3c(Cl)cccc32)[C@H](OC(=O)C[2H])[C@@H](OC(=O)C[2H])[C@@H]1OC(=O)C[2H]. The molecule has 42 heavy (non-hydrogen) atoms. The number of nitrogens with zero attached hydrogens (tertiary/aromatic N) is 1. The van der Waals surface area contributed by atoms with E-state index in [1.165, 1.54) is 10.8 Å². The van der Waals surface area contributed by atoms with E-state index in [0.717, 1.165) is 3.57 Å². The van der Waals surface area contributed by atoms with Crippen LogP contribution >= 0.6 is 34.2 Å². The van der Waals surface area contributed by atoms with E-state index in [4.69, 9.17) is 40.8 Å². The van der Waals surface area contributed by atoms with Crippen LogP contribution in [0.4, 0.5) is 0 Å². The number of halogens is 2. The standard InChI is InChI=1S/C29H29ClINO10/c1-14(33)38-13-23-26(39-15(2)34)27(40-16(3)35)28(41-17(4)36)29(42-23)32-12-20(24-21(30)6-5-7-22(24)32)25(37)18-8-10-19(31)11-9-18/h5-12,23,25-29,37H,13H2,1-4H3/t23-,25?,26-,27+,28-,29?/m1/s1/i1D,2D,3D,4D. The van der Waals surface area contributed by atoms with Gasteiger partial charge < -0.3 is 33.4 Å². The van der Waals surface area contributed by atoms with E-state index in [-0.39, 0.29) is 5.02 Å². The number of carbonyl (C=O) groups is 4. The average Bonchev–Trinajstić information content (AvgIpc) is 3.45. The normalized spacial score (nSPS) is 23.9. The zero-order chi connectivity index (χ0) is 33.5. The molecule has 1 aliphatic heterocycles. The van der Waals surface area contributed by atoms with E-state index in [9.17, 15) is 24.3 Å². The minimum atomic E-state index is -1.68. The van der Waals surface area contributed by atoms with Crippen LogP contribution in [0.2, 0.25) is 5.02 Å². The molecule has 1 aliphatic rings. The van der Waals surface area contributed by atoms with Crippen molar-refractivity contribution >= 4 is 69.0 Å². The van der Waals surface area contributed by atoms with E-state index in [1.54, 1.807) is 30.3 Å². The number of carbonyl (C=O) groups excluding carboxylic acids is 4. The first kappa shape index (κ1) is 26.4. The van der Waals surface area contributed by atoms with Crippen LogP contribution < -0.4 is 0 Å². The van der Waals surface area contributed by atoms with Crippen LogP contribution in [0.3, 0.4) is 0 Å². The average molecular weight is 718 g/mol. The van der Waals surface area contributed by atoms with Crippen molar-refractivity contribution in [1.82, 2.24) is 4.57 Å². The lowest BCUT2D eigenvalue weighted by Gasteiger charge is -2.44. The maximum atomic E-state index is 12.6. The Morgan fingerprint density at radius 2 is 1.57 bits per heavy atom. The topological polar surface area (TPSA) is 140 Å². The van der Waals surface area contributed by atoms with Gasteiger partial charge in [0, 0.05) is 53.8 Å². The molecule has 2 aromatic carbocycles. The third-order valence-electron chi connectivity index (χ3n) is 6.41. The summed E-state index contributed by atoms with van der Waals surface area (Å²) in [5, 5.41) is 12.2. The van der Waals surface area contributed by atoms with Crippen molar-refractivity contribution in [3.8, 4) is 0 Å². The van der Waals surface area contributed by atoms with Crippen molar-refractivity contribution in [1.29, 1.82) is 0 Å². The molecule has 6 atom stereocenters.